The molecule has 0 aliphatic heterocycles. The monoisotopic (exact) mass is 373 g/mol. The molecule has 21 heavy (non-hydrogen) atoms. The predicted molar refractivity (Wildman–Crippen MR) is 97.0 cm³/mol. The molecule has 0 aromatic heterocycles. The van der Waals surface area contributed by atoms with Crippen LogP contribution >= 0.6 is 43.0 Å². The molecule has 0 spiro atoms. The van der Waals surface area contributed by atoms with Crippen LogP contribution < -0.4 is 0 Å². The fourth-order valence-corrected chi connectivity index (χ4v) is 5.18. The van der Waals surface area contributed by atoms with Gasteiger partial charge in [0.15, 0.2) is 0 Å². The summed E-state index contributed by atoms with van der Waals surface area (Å²) in [7, 11) is -3.12. The second kappa shape index (κ2) is 13.0. The molecule has 0 heterocycles. The van der Waals surface area contributed by atoms with Crippen LogP contribution in [-0.2, 0) is 4.57 Å². The van der Waals surface area contributed by atoms with Crippen molar-refractivity contribution in [3.8, 4) is 0 Å². The van der Waals surface area contributed by atoms with Crippen molar-refractivity contribution >= 4 is 48.2 Å². The summed E-state index contributed by atoms with van der Waals surface area (Å²) in [6.45, 7) is 6.63. The lowest BCUT2D eigenvalue weighted by atomic mass is 10.3. The van der Waals surface area contributed by atoms with Gasteiger partial charge in [0, 0.05) is 37.9 Å². The van der Waals surface area contributed by atoms with Gasteiger partial charge in [0.1, 0.15) is 0 Å². The van der Waals surface area contributed by atoms with Gasteiger partial charge >= 0.3 is 7.59 Å². The van der Waals surface area contributed by atoms with Crippen molar-refractivity contribution in [3.05, 3.63) is 0 Å². The molecule has 124 valence electrons. The fourth-order valence-electron chi connectivity index (χ4n) is 1.98. The summed E-state index contributed by atoms with van der Waals surface area (Å²) < 4.78 is 21.2. The Morgan fingerprint density at radius 2 is 1.43 bits per heavy atom. The van der Waals surface area contributed by atoms with Gasteiger partial charge in [0.05, 0.1) is 5.16 Å². The van der Waals surface area contributed by atoms with Crippen LogP contribution in [0, 0.1) is 0 Å². The molecule has 1 unspecified atom stereocenters. The van der Waals surface area contributed by atoms with E-state index < -0.39 is 7.59 Å². The van der Waals surface area contributed by atoms with Crippen molar-refractivity contribution < 1.29 is 4.57 Å². The molecule has 0 fully saturated rings. The molecule has 0 rings (SSSR count). The highest BCUT2D eigenvalue weighted by Crippen LogP contribution is 2.54. The number of thiocarbonyl (C=S) groups is 1. The Balaban J connectivity index is 5.37. The zero-order valence-corrected chi connectivity index (χ0v) is 16.2. The van der Waals surface area contributed by atoms with Gasteiger partial charge in [0.25, 0.3) is 0 Å². The molecule has 0 aliphatic carbocycles. The largest absolute Gasteiger partial charge is 0.338 e. The summed E-state index contributed by atoms with van der Waals surface area (Å²) in [6.07, 6.45) is 4.01. The van der Waals surface area contributed by atoms with E-state index in [2.05, 4.69) is 23.8 Å². The molecule has 0 saturated heterocycles. The van der Waals surface area contributed by atoms with E-state index in [1.807, 2.05) is 4.67 Å². The molecule has 0 aliphatic rings. The Labute approximate surface area is 144 Å². The Hall–Kier alpha value is 0.530. The zero-order chi connectivity index (χ0) is 16.1. The van der Waals surface area contributed by atoms with E-state index in [1.54, 1.807) is 4.67 Å². The van der Waals surface area contributed by atoms with Gasteiger partial charge < -0.3 is 0 Å². The van der Waals surface area contributed by atoms with Crippen LogP contribution in [0.25, 0.3) is 0 Å². The topological polar surface area (TPSA) is 35.9 Å². The quantitative estimate of drug-likeness (QED) is 0.199. The van der Waals surface area contributed by atoms with Crippen LogP contribution in [0.15, 0.2) is 4.76 Å². The minimum atomic E-state index is -3.12. The number of isothiocyanates is 1. The van der Waals surface area contributed by atoms with Gasteiger partial charge in [-0.15, -0.1) is 28.0 Å². The summed E-state index contributed by atoms with van der Waals surface area (Å²) in [5.74, 6) is 0.756. The summed E-state index contributed by atoms with van der Waals surface area (Å²) >= 11 is 16.4. The average Bonchev–Trinajstić information content (AvgIpc) is 2.47. The van der Waals surface area contributed by atoms with Crippen molar-refractivity contribution in [1.82, 2.24) is 9.34 Å². The predicted octanol–water partition coefficient (Wildman–Crippen LogP) is 4.88. The Bertz CT molecular complexity index is 353. The molecule has 0 radical (unpaired) electrons. The lowest BCUT2D eigenvalue weighted by molar-refractivity contribution is 0.337. The standard InChI is InChI=1S/C13H26Cl2N3OPS/c1-3-5-9-17(10-6-4-2)20(19,16-13-21)18(11-7-14)12-8-15/h3-12H2,1-2H3. The molecule has 0 aromatic rings. The van der Waals surface area contributed by atoms with Gasteiger partial charge in [0.2, 0.25) is 0 Å². The van der Waals surface area contributed by atoms with Crippen molar-refractivity contribution in [2.45, 2.75) is 39.5 Å². The minimum Gasteiger partial charge on any atom is -0.261 e. The number of hydrogen-bond acceptors (Lipinski definition) is 2. The molecule has 0 bridgehead atoms. The normalized spacial score (nSPS) is 14.2. The van der Waals surface area contributed by atoms with Gasteiger partial charge in [-0.05, 0) is 25.1 Å². The first kappa shape index (κ1) is 21.5. The summed E-state index contributed by atoms with van der Waals surface area (Å²) in [4.78, 5) is 0. The second-order valence-corrected chi connectivity index (χ2v) is 7.99. The SMILES string of the molecule is CCCCN(CCCC)P(=O)(N=C=S)N(CCCl)CCCl. The Kier molecular flexibility index (Phi) is 13.3. The number of hydrogen-bond donors (Lipinski definition) is 0. The van der Waals surface area contributed by atoms with Gasteiger partial charge in [-0.1, -0.05) is 26.7 Å². The molecule has 0 amide bonds. The lowest BCUT2D eigenvalue weighted by Gasteiger charge is -2.35. The van der Waals surface area contributed by atoms with Crippen molar-refractivity contribution in [2.75, 3.05) is 37.9 Å². The highest BCUT2D eigenvalue weighted by molar-refractivity contribution is 7.78. The molecule has 0 N–H and O–H groups in total. The number of rotatable bonds is 13. The van der Waals surface area contributed by atoms with E-state index in [0.29, 0.717) is 24.8 Å². The summed E-state index contributed by atoms with van der Waals surface area (Å²) in [5.41, 5.74) is 0. The molecular formula is C13H26Cl2N3OPS. The second-order valence-electron chi connectivity index (χ2n) is 4.70. The van der Waals surface area contributed by atoms with E-state index in [-0.39, 0.29) is 0 Å². The van der Waals surface area contributed by atoms with Gasteiger partial charge in [-0.3, -0.25) is 4.57 Å². The maximum atomic E-state index is 13.4. The molecular weight excluding hydrogens is 348 g/mol. The molecule has 8 heteroatoms. The highest BCUT2D eigenvalue weighted by atomic mass is 35.5. The van der Waals surface area contributed by atoms with Crippen molar-refractivity contribution in [1.29, 1.82) is 0 Å². The van der Waals surface area contributed by atoms with E-state index in [0.717, 1.165) is 38.8 Å². The maximum Gasteiger partial charge on any atom is 0.338 e. The van der Waals surface area contributed by atoms with E-state index in [9.17, 15) is 4.57 Å². The smallest absolute Gasteiger partial charge is 0.261 e. The van der Waals surface area contributed by atoms with E-state index >= 15 is 0 Å². The van der Waals surface area contributed by atoms with Crippen LogP contribution in [0.2, 0.25) is 0 Å². The van der Waals surface area contributed by atoms with Crippen LogP contribution in [0.3, 0.4) is 0 Å². The summed E-state index contributed by atoms with van der Waals surface area (Å²) in [6, 6.07) is 0. The number of unbranched alkanes of at least 4 members (excludes halogenated alkanes) is 2. The lowest BCUT2D eigenvalue weighted by Crippen LogP contribution is -2.34. The first-order valence-corrected chi connectivity index (χ1v) is 10.5. The van der Waals surface area contributed by atoms with E-state index in [1.165, 1.54) is 0 Å². The maximum absolute atomic E-state index is 13.4. The van der Waals surface area contributed by atoms with Crippen LogP contribution in [0.4, 0.5) is 0 Å². The fraction of sp³-hybridized carbons (Fsp3) is 0.923. The van der Waals surface area contributed by atoms with Crippen LogP contribution in [0.1, 0.15) is 39.5 Å². The van der Waals surface area contributed by atoms with E-state index in [4.69, 9.17) is 35.4 Å². The first-order valence-electron chi connectivity index (χ1n) is 7.42. The van der Waals surface area contributed by atoms with Crippen LogP contribution in [0.5, 0.6) is 0 Å². The van der Waals surface area contributed by atoms with Gasteiger partial charge in [-0.2, -0.15) is 0 Å². The number of halogens is 2. The molecule has 0 saturated carbocycles. The zero-order valence-electron chi connectivity index (χ0n) is 12.9. The third-order valence-electron chi connectivity index (χ3n) is 3.13. The third-order valence-corrected chi connectivity index (χ3v) is 6.33. The van der Waals surface area contributed by atoms with Crippen molar-refractivity contribution in [3.63, 3.8) is 0 Å². The molecule has 4 nitrogen and oxygen atoms in total. The third kappa shape index (κ3) is 7.56. The minimum absolute atomic E-state index is 0.378. The Morgan fingerprint density at radius 1 is 1.00 bits per heavy atom. The first-order chi connectivity index (χ1) is 10.1. The average molecular weight is 374 g/mol. The number of alkyl halides is 2. The number of nitrogens with zero attached hydrogens (tertiary/aromatic N) is 3. The molecule has 1 atom stereocenters. The van der Waals surface area contributed by atoms with Gasteiger partial charge in [-0.25, -0.2) is 9.34 Å². The van der Waals surface area contributed by atoms with Crippen molar-refractivity contribution in [2.24, 2.45) is 4.76 Å². The summed E-state index contributed by atoms with van der Waals surface area (Å²) in [5, 5.41) is 2.31. The Morgan fingerprint density at radius 3 is 1.76 bits per heavy atom. The van der Waals surface area contributed by atoms with Crippen LogP contribution in [-0.4, -0.2) is 52.4 Å². The highest BCUT2D eigenvalue weighted by Gasteiger charge is 2.35. The molecule has 0 aromatic carbocycles.